The second-order valence-electron chi connectivity index (χ2n) is 6.33. The molecule has 1 aromatic carbocycles. The number of H-pyrrole nitrogens is 1. The van der Waals surface area contributed by atoms with E-state index in [1.54, 1.807) is 0 Å². The van der Waals surface area contributed by atoms with Gasteiger partial charge in [0.1, 0.15) is 0 Å². The minimum Gasteiger partial charge on any atom is -0.379 e. The number of nitrogens with zero attached hydrogens (tertiary/aromatic N) is 1. The van der Waals surface area contributed by atoms with Crippen LogP contribution in [0.3, 0.4) is 0 Å². The predicted molar refractivity (Wildman–Crippen MR) is 91.5 cm³/mol. The number of ether oxygens (including phenoxy) is 1. The molecule has 0 radical (unpaired) electrons. The zero-order valence-corrected chi connectivity index (χ0v) is 13.7. The Balaban J connectivity index is 1.48. The summed E-state index contributed by atoms with van der Waals surface area (Å²) in [5.41, 5.74) is 4.00. The molecule has 0 spiro atoms. The number of aryl methyl sites for hydroxylation is 1. The van der Waals surface area contributed by atoms with E-state index in [-0.39, 0.29) is 0 Å². The number of benzene rings is 1. The summed E-state index contributed by atoms with van der Waals surface area (Å²) in [4.78, 5) is 5.89. The fourth-order valence-electron chi connectivity index (χ4n) is 3.26. The average Bonchev–Trinajstić information content (AvgIpc) is 2.93. The first-order valence-electron chi connectivity index (χ1n) is 8.33. The summed E-state index contributed by atoms with van der Waals surface area (Å²) in [6.45, 7) is 10.4. The number of hydrogen-bond donors (Lipinski definition) is 2. The maximum Gasteiger partial charge on any atom is 0.0594 e. The maximum absolute atomic E-state index is 5.40. The Morgan fingerprint density at radius 1 is 1.32 bits per heavy atom. The average molecular weight is 301 g/mol. The molecule has 1 aliphatic rings. The van der Waals surface area contributed by atoms with Gasteiger partial charge in [0.05, 0.1) is 13.2 Å². The van der Waals surface area contributed by atoms with E-state index in [1.807, 2.05) is 0 Å². The van der Waals surface area contributed by atoms with Crippen molar-refractivity contribution in [3.63, 3.8) is 0 Å². The number of para-hydroxylation sites is 1. The molecule has 2 N–H and O–H groups in total. The third kappa shape index (κ3) is 3.69. The van der Waals surface area contributed by atoms with Gasteiger partial charge in [0.25, 0.3) is 0 Å². The summed E-state index contributed by atoms with van der Waals surface area (Å²) in [6, 6.07) is 7.03. The van der Waals surface area contributed by atoms with Crippen LogP contribution in [0.15, 0.2) is 24.4 Å². The first-order valence-corrected chi connectivity index (χ1v) is 8.33. The van der Waals surface area contributed by atoms with E-state index in [0.717, 1.165) is 45.8 Å². The predicted octanol–water partition coefficient (Wildman–Crippen LogP) is 2.33. The van der Waals surface area contributed by atoms with Crippen molar-refractivity contribution in [2.24, 2.45) is 0 Å². The molecule has 0 amide bonds. The molecule has 1 fully saturated rings. The van der Waals surface area contributed by atoms with Crippen molar-refractivity contribution in [1.82, 2.24) is 15.2 Å². The Kier molecular flexibility index (Phi) is 5.13. The van der Waals surface area contributed by atoms with E-state index >= 15 is 0 Å². The Morgan fingerprint density at radius 2 is 2.14 bits per heavy atom. The molecular weight excluding hydrogens is 274 g/mol. The van der Waals surface area contributed by atoms with Gasteiger partial charge in [-0.1, -0.05) is 18.2 Å². The molecule has 3 rings (SSSR count). The molecule has 0 bridgehead atoms. The van der Waals surface area contributed by atoms with Gasteiger partial charge in [0.2, 0.25) is 0 Å². The highest BCUT2D eigenvalue weighted by Crippen LogP contribution is 2.21. The summed E-state index contributed by atoms with van der Waals surface area (Å²) in [6.07, 6.45) is 3.23. The second-order valence-corrected chi connectivity index (χ2v) is 6.33. The quantitative estimate of drug-likeness (QED) is 0.860. The fraction of sp³-hybridized carbons (Fsp3) is 0.556. The molecule has 1 aromatic heterocycles. The maximum atomic E-state index is 5.40. The molecule has 0 saturated carbocycles. The molecule has 2 aromatic rings. The topological polar surface area (TPSA) is 40.3 Å². The van der Waals surface area contributed by atoms with E-state index in [2.05, 4.69) is 53.4 Å². The summed E-state index contributed by atoms with van der Waals surface area (Å²) < 4.78 is 5.40. The molecule has 4 nitrogen and oxygen atoms in total. The zero-order chi connectivity index (χ0) is 15.4. The van der Waals surface area contributed by atoms with Gasteiger partial charge in [-0.2, -0.15) is 0 Å². The smallest absolute Gasteiger partial charge is 0.0594 e. The van der Waals surface area contributed by atoms with E-state index < -0.39 is 0 Å². The van der Waals surface area contributed by atoms with Crippen LogP contribution in [0.1, 0.15) is 18.1 Å². The summed E-state index contributed by atoms with van der Waals surface area (Å²) >= 11 is 0. The zero-order valence-electron chi connectivity index (χ0n) is 13.7. The second kappa shape index (κ2) is 7.27. The van der Waals surface area contributed by atoms with Crippen LogP contribution >= 0.6 is 0 Å². The fourth-order valence-corrected chi connectivity index (χ4v) is 3.26. The third-order valence-electron chi connectivity index (χ3n) is 4.53. The van der Waals surface area contributed by atoms with Crippen LogP contribution < -0.4 is 5.32 Å². The van der Waals surface area contributed by atoms with E-state index in [4.69, 9.17) is 4.74 Å². The number of hydrogen-bond acceptors (Lipinski definition) is 3. The van der Waals surface area contributed by atoms with Gasteiger partial charge in [-0.05, 0) is 37.9 Å². The van der Waals surface area contributed by atoms with E-state index in [1.165, 1.54) is 22.0 Å². The lowest BCUT2D eigenvalue weighted by molar-refractivity contribution is 0.0344. The first kappa shape index (κ1) is 15.5. The molecule has 1 saturated heterocycles. The molecule has 0 aliphatic carbocycles. The van der Waals surface area contributed by atoms with Gasteiger partial charge in [-0.15, -0.1) is 0 Å². The van der Waals surface area contributed by atoms with Crippen molar-refractivity contribution in [3.8, 4) is 0 Å². The van der Waals surface area contributed by atoms with Gasteiger partial charge in [0.15, 0.2) is 0 Å². The minimum absolute atomic E-state index is 0.519. The van der Waals surface area contributed by atoms with Crippen LogP contribution in [0.4, 0.5) is 0 Å². The van der Waals surface area contributed by atoms with Gasteiger partial charge in [0, 0.05) is 42.8 Å². The molecule has 22 heavy (non-hydrogen) atoms. The molecular formula is C18H27N3O. The summed E-state index contributed by atoms with van der Waals surface area (Å²) in [5.74, 6) is 0. The Bertz CT molecular complexity index is 601. The molecule has 4 heteroatoms. The van der Waals surface area contributed by atoms with Crippen LogP contribution in [0.2, 0.25) is 0 Å². The minimum atomic E-state index is 0.519. The number of aromatic amines is 1. The van der Waals surface area contributed by atoms with E-state index in [9.17, 15) is 0 Å². The summed E-state index contributed by atoms with van der Waals surface area (Å²) in [5, 5.41) is 5.01. The lowest BCUT2D eigenvalue weighted by Gasteiger charge is -2.29. The van der Waals surface area contributed by atoms with Gasteiger partial charge < -0.3 is 15.0 Å². The standard InChI is InChI=1S/C18H27N3O/c1-14-4-3-5-17-16(12-20-18(14)17)6-7-19-15(2)13-21-8-10-22-11-9-21/h3-5,12,15,19-20H,6-11,13H2,1-2H3. The number of rotatable bonds is 6. The van der Waals surface area contributed by atoms with Crippen LogP contribution in [-0.2, 0) is 11.2 Å². The van der Waals surface area contributed by atoms with Crippen molar-refractivity contribution in [2.75, 3.05) is 39.4 Å². The molecule has 1 unspecified atom stereocenters. The first-order chi connectivity index (χ1) is 10.7. The highest BCUT2D eigenvalue weighted by atomic mass is 16.5. The monoisotopic (exact) mass is 301 g/mol. The molecule has 120 valence electrons. The number of morpholine rings is 1. The van der Waals surface area contributed by atoms with Crippen molar-refractivity contribution in [3.05, 3.63) is 35.5 Å². The Labute approximate surface area is 132 Å². The summed E-state index contributed by atoms with van der Waals surface area (Å²) in [7, 11) is 0. The van der Waals surface area contributed by atoms with Gasteiger partial charge >= 0.3 is 0 Å². The lowest BCUT2D eigenvalue weighted by atomic mass is 10.1. The van der Waals surface area contributed by atoms with E-state index in [0.29, 0.717) is 6.04 Å². The van der Waals surface area contributed by atoms with Crippen LogP contribution in [0.25, 0.3) is 10.9 Å². The number of fused-ring (bicyclic) bond motifs is 1. The van der Waals surface area contributed by atoms with Crippen LogP contribution in [0, 0.1) is 6.92 Å². The normalized spacial score (nSPS) is 17.9. The highest BCUT2D eigenvalue weighted by molar-refractivity contribution is 5.85. The van der Waals surface area contributed by atoms with Gasteiger partial charge in [-0.25, -0.2) is 0 Å². The van der Waals surface area contributed by atoms with Crippen molar-refractivity contribution >= 4 is 10.9 Å². The Morgan fingerprint density at radius 3 is 2.95 bits per heavy atom. The van der Waals surface area contributed by atoms with Crippen molar-refractivity contribution < 1.29 is 4.74 Å². The third-order valence-corrected chi connectivity index (χ3v) is 4.53. The SMILES string of the molecule is Cc1cccc2c(CCNC(C)CN3CCOCC3)c[nH]c12. The van der Waals surface area contributed by atoms with Gasteiger partial charge in [-0.3, -0.25) is 4.90 Å². The van der Waals surface area contributed by atoms with Crippen LogP contribution in [-0.4, -0.2) is 55.3 Å². The number of aromatic nitrogens is 1. The highest BCUT2D eigenvalue weighted by Gasteiger charge is 2.13. The van der Waals surface area contributed by atoms with Crippen molar-refractivity contribution in [1.29, 1.82) is 0 Å². The molecule has 1 atom stereocenters. The largest absolute Gasteiger partial charge is 0.379 e. The number of nitrogens with one attached hydrogen (secondary N) is 2. The lowest BCUT2D eigenvalue weighted by Crippen LogP contribution is -2.44. The van der Waals surface area contributed by atoms with Crippen LogP contribution in [0.5, 0.6) is 0 Å². The Hall–Kier alpha value is -1.36. The van der Waals surface area contributed by atoms with Crippen molar-refractivity contribution in [2.45, 2.75) is 26.3 Å². The molecule has 2 heterocycles. The molecule has 1 aliphatic heterocycles.